The van der Waals surface area contributed by atoms with Crippen LogP contribution in [0.3, 0.4) is 0 Å². The number of piperidine rings is 1. The molecule has 2 amide bonds. The Morgan fingerprint density at radius 1 is 1.15 bits per heavy atom. The van der Waals surface area contributed by atoms with Gasteiger partial charge in [-0.3, -0.25) is 0 Å². The normalized spacial score (nSPS) is 17.4. The number of nitrogens with one attached hydrogen (secondary N) is 1. The summed E-state index contributed by atoms with van der Waals surface area (Å²) in [6.07, 6.45) is 4.65. The van der Waals surface area contributed by atoms with E-state index in [1.54, 1.807) is 10.6 Å². The van der Waals surface area contributed by atoms with E-state index in [2.05, 4.69) is 39.4 Å². The highest BCUT2D eigenvalue weighted by Gasteiger charge is 2.44. The predicted octanol–water partition coefficient (Wildman–Crippen LogP) is 3.76. The lowest BCUT2D eigenvalue weighted by Crippen LogP contribution is -2.52. The quantitative estimate of drug-likeness (QED) is 0.337. The molecule has 208 valence electrons. The Morgan fingerprint density at radius 3 is 2.73 bits per heavy atom. The van der Waals surface area contributed by atoms with Gasteiger partial charge in [-0.05, 0) is 43.0 Å². The number of halogens is 1. The number of pyridine rings is 1. The third-order valence-corrected chi connectivity index (χ3v) is 7.92. The third-order valence-electron chi connectivity index (χ3n) is 7.92. The van der Waals surface area contributed by atoms with E-state index in [4.69, 9.17) is 9.72 Å². The van der Waals surface area contributed by atoms with Crippen molar-refractivity contribution in [2.75, 3.05) is 37.7 Å². The Morgan fingerprint density at radius 2 is 1.95 bits per heavy atom. The predicted molar refractivity (Wildman–Crippen MR) is 148 cm³/mol. The van der Waals surface area contributed by atoms with Crippen molar-refractivity contribution in [1.29, 1.82) is 0 Å². The summed E-state index contributed by atoms with van der Waals surface area (Å²) in [6.45, 7) is 7.25. The zero-order chi connectivity index (χ0) is 27.7. The molecule has 1 N–H and O–H groups in total. The van der Waals surface area contributed by atoms with Gasteiger partial charge in [-0.1, -0.05) is 37.3 Å². The first-order valence-corrected chi connectivity index (χ1v) is 13.7. The van der Waals surface area contributed by atoms with E-state index in [0.717, 1.165) is 29.8 Å². The average Bonchev–Trinajstić information content (AvgIpc) is 3.51. The van der Waals surface area contributed by atoms with Gasteiger partial charge in [0.05, 0.1) is 18.3 Å². The van der Waals surface area contributed by atoms with Crippen molar-refractivity contribution in [3.05, 3.63) is 77.9 Å². The summed E-state index contributed by atoms with van der Waals surface area (Å²) in [7, 11) is 0. The molecule has 0 unspecified atom stereocenters. The number of hydrogen-bond donors (Lipinski definition) is 1. The molecule has 0 bridgehead atoms. The van der Waals surface area contributed by atoms with E-state index in [1.165, 1.54) is 11.8 Å². The fraction of sp³-hybridized carbons (Fsp3) is 0.414. The first-order valence-electron chi connectivity index (χ1n) is 13.7. The van der Waals surface area contributed by atoms with Gasteiger partial charge in [0.2, 0.25) is 0 Å². The number of urea groups is 1. The average molecular weight is 545 g/mol. The van der Waals surface area contributed by atoms with E-state index in [-0.39, 0.29) is 17.5 Å². The molecule has 40 heavy (non-hydrogen) atoms. The van der Waals surface area contributed by atoms with Gasteiger partial charge in [0.15, 0.2) is 11.5 Å². The second-order valence-corrected chi connectivity index (χ2v) is 10.8. The minimum absolute atomic E-state index is 0.0651. The Kier molecular flexibility index (Phi) is 6.95. The maximum Gasteiger partial charge on any atom is 0.317 e. The number of amides is 2. The largest absolute Gasteiger partial charge is 0.491 e. The highest BCUT2D eigenvalue weighted by Crippen LogP contribution is 2.30. The molecule has 11 heteroatoms. The first kappa shape index (κ1) is 26.0. The van der Waals surface area contributed by atoms with Gasteiger partial charge < -0.3 is 19.9 Å². The van der Waals surface area contributed by atoms with Crippen LogP contribution in [0.4, 0.5) is 15.0 Å². The van der Waals surface area contributed by atoms with E-state index >= 15 is 0 Å². The molecule has 10 nitrogen and oxygen atoms in total. The van der Waals surface area contributed by atoms with Gasteiger partial charge in [0.25, 0.3) is 0 Å². The molecular formula is C29H33FN8O2. The van der Waals surface area contributed by atoms with E-state index < -0.39 is 6.08 Å². The molecule has 5 heterocycles. The minimum Gasteiger partial charge on any atom is -0.491 e. The summed E-state index contributed by atoms with van der Waals surface area (Å²) in [5, 5.41) is 7.89. The number of carbonyl (C=O) groups is 1. The number of nitrogens with zero attached hydrogens (tertiary/aromatic N) is 7. The van der Waals surface area contributed by atoms with Crippen molar-refractivity contribution in [1.82, 2.24) is 34.8 Å². The number of aryl methyl sites for hydroxylation is 1. The molecule has 1 aromatic carbocycles. The summed E-state index contributed by atoms with van der Waals surface area (Å²) in [5.74, 6) is 2.28. The Balaban J connectivity index is 1.05. The minimum atomic E-state index is -0.727. The van der Waals surface area contributed by atoms with Crippen LogP contribution in [-0.2, 0) is 6.42 Å². The van der Waals surface area contributed by atoms with Crippen LogP contribution in [0.5, 0.6) is 5.75 Å². The number of benzene rings is 1. The molecule has 0 radical (unpaired) electrons. The van der Waals surface area contributed by atoms with Crippen molar-refractivity contribution in [2.45, 2.75) is 44.6 Å². The standard InChI is InChI=1S/C29H33FN8O2/c1-20-16-23(40-18-21(2)22-6-4-3-5-7-22)17-38-26(20)32-24(35-38)9-13-37-19-29(34-28(37)39)10-14-36(15-11-29)25-8-12-31-27(30)33-25/h3-8,12,16-17,21H,9-11,13-15,18-19H2,1-2H3,(H,34,39)/t21-/m0/s1. The topological polar surface area (TPSA) is 101 Å². The maximum absolute atomic E-state index is 13.4. The van der Waals surface area contributed by atoms with Crippen LogP contribution in [0, 0.1) is 13.0 Å². The molecule has 1 atom stereocenters. The van der Waals surface area contributed by atoms with Crippen LogP contribution in [0.25, 0.3) is 5.65 Å². The lowest BCUT2D eigenvalue weighted by atomic mass is 9.88. The monoisotopic (exact) mass is 544 g/mol. The number of anilines is 1. The van der Waals surface area contributed by atoms with Gasteiger partial charge in [0, 0.05) is 44.7 Å². The molecule has 0 saturated carbocycles. The summed E-state index contributed by atoms with van der Waals surface area (Å²) in [5.41, 5.74) is 2.72. The molecule has 6 rings (SSSR count). The molecule has 2 aliphatic rings. The summed E-state index contributed by atoms with van der Waals surface area (Å²) in [6, 6.07) is 14.0. The maximum atomic E-state index is 13.4. The fourth-order valence-electron chi connectivity index (χ4n) is 5.59. The van der Waals surface area contributed by atoms with Gasteiger partial charge >= 0.3 is 12.1 Å². The van der Waals surface area contributed by atoms with Gasteiger partial charge in [0.1, 0.15) is 11.6 Å². The van der Waals surface area contributed by atoms with Gasteiger partial charge in [-0.15, -0.1) is 0 Å². The van der Waals surface area contributed by atoms with E-state index in [1.807, 2.05) is 47.2 Å². The van der Waals surface area contributed by atoms with Crippen LogP contribution in [0.1, 0.15) is 42.6 Å². The first-order chi connectivity index (χ1) is 19.4. The highest BCUT2D eigenvalue weighted by molar-refractivity contribution is 5.78. The number of rotatable bonds is 8. The van der Waals surface area contributed by atoms with Gasteiger partial charge in [-0.25, -0.2) is 19.3 Å². The number of fused-ring (bicyclic) bond motifs is 1. The number of ether oxygens (including phenoxy) is 1. The highest BCUT2D eigenvalue weighted by atomic mass is 19.1. The van der Waals surface area contributed by atoms with Crippen molar-refractivity contribution >= 4 is 17.5 Å². The lowest BCUT2D eigenvalue weighted by molar-refractivity contribution is 0.217. The van der Waals surface area contributed by atoms with Crippen LogP contribution in [0.15, 0.2) is 54.9 Å². The molecule has 2 saturated heterocycles. The zero-order valence-corrected chi connectivity index (χ0v) is 22.8. The van der Waals surface area contributed by atoms with Gasteiger partial charge in [-0.2, -0.15) is 14.5 Å². The molecule has 2 fully saturated rings. The molecule has 2 aliphatic heterocycles. The van der Waals surface area contributed by atoms with Crippen molar-refractivity contribution < 1.29 is 13.9 Å². The second kappa shape index (κ2) is 10.7. The smallest absolute Gasteiger partial charge is 0.317 e. The van der Waals surface area contributed by atoms with Crippen LogP contribution in [0.2, 0.25) is 0 Å². The van der Waals surface area contributed by atoms with Crippen molar-refractivity contribution in [3.63, 3.8) is 0 Å². The second-order valence-electron chi connectivity index (χ2n) is 10.8. The zero-order valence-electron chi connectivity index (χ0n) is 22.8. The van der Waals surface area contributed by atoms with Crippen molar-refractivity contribution in [3.8, 4) is 5.75 Å². The van der Waals surface area contributed by atoms with Crippen molar-refractivity contribution in [2.24, 2.45) is 0 Å². The van der Waals surface area contributed by atoms with Crippen LogP contribution in [-0.4, -0.2) is 73.8 Å². The Bertz CT molecular complexity index is 1500. The van der Waals surface area contributed by atoms with E-state index in [0.29, 0.717) is 50.8 Å². The molecule has 0 aliphatic carbocycles. The fourth-order valence-corrected chi connectivity index (χ4v) is 5.59. The summed E-state index contributed by atoms with van der Waals surface area (Å²) in [4.78, 5) is 28.9. The summed E-state index contributed by atoms with van der Waals surface area (Å²) < 4.78 is 21.3. The van der Waals surface area contributed by atoms with Crippen LogP contribution >= 0.6 is 0 Å². The number of aromatic nitrogens is 5. The Labute approximate surface area is 232 Å². The molecule has 4 aromatic rings. The molecule has 3 aromatic heterocycles. The summed E-state index contributed by atoms with van der Waals surface area (Å²) >= 11 is 0. The number of carbonyl (C=O) groups excluding carboxylic acids is 1. The SMILES string of the molecule is Cc1cc(OC[C@H](C)c2ccccc2)cn2nc(CCN3CC4(CCN(c5ccnc(F)n5)CC4)NC3=O)nc12. The molecule has 1 spiro atoms. The van der Waals surface area contributed by atoms with Crippen LogP contribution < -0.4 is 15.0 Å². The lowest BCUT2D eigenvalue weighted by Gasteiger charge is -2.39. The number of hydrogen-bond acceptors (Lipinski definition) is 7. The Hall–Kier alpha value is -4.28. The molecular weight excluding hydrogens is 511 g/mol. The third kappa shape index (κ3) is 5.41. The van der Waals surface area contributed by atoms with E-state index in [9.17, 15) is 9.18 Å².